The van der Waals surface area contributed by atoms with Gasteiger partial charge in [-0.15, -0.1) is 0 Å². The van der Waals surface area contributed by atoms with E-state index in [4.69, 9.17) is 0 Å². The van der Waals surface area contributed by atoms with Gasteiger partial charge in [0.05, 0.1) is 0 Å². The van der Waals surface area contributed by atoms with Crippen LogP contribution in [0.1, 0.15) is 25.5 Å². The summed E-state index contributed by atoms with van der Waals surface area (Å²) in [5, 5.41) is 10.5. The third-order valence-electron chi connectivity index (χ3n) is 2.28. The molecule has 13 heavy (non-hydrogen) atoms. The largest absolute Gasteiger partial charge is 0.507 e. The maximum absolute atomic E-state index is 9.55. The molecule has 0 radical (unpaired) electrons. The summed E-state index contributed by atoms with van der Waals surface area (Å²) in [4.78, 5) is 3.28. The predicted molar refractivity (Wildman–Crippen MR) is 54.1 cm³/mol. The van der Waals surface area contributed by atoms with Gasteiger partial charge in [0.25, 0.3) is 0 Å². The fraction of sp³-hybridized carbons (Fsp3) is 0.273. The van der Waals surface area contributed by atoms with E-state index in [1.54, 1.807) is 6.07 Å². The highest BCUT2D eigenvalue weighted by atomic mass is 16.3. The van der Waals surface area contributed by atoms with Gasteiger partial charge in [-0.2, -0.15) is 0 Å². The van der Waals surface area contributed by atoms with Crippen LogP contribution in [-0.4, -0.2) is 10.1 Å². The number of fused-ring (bicyclic) bond motifs is 1. The smallest absolute Gasteiger partial charge is 0.124 e. The molecule has 0 spiro atoms. The van der Waals surface area contributed by atoms with E-state index in [9.17, 15) is 5.11 Å². The van der Waals surface area contributed by atoms with Gasteiger partial charge in [0.2, 0.25) is 0 Å². The lowest BCUT2D eigenvalue weighted by Gasteiger charge is -1.97. The van der Waals surface area contributed by atoms with Gasteiger partial charge in [-0.3, -0.25) is 0 Å². The van der Waals surface area contributed by atoms with Crippen LogP contribution in [0.2, 0.25) is 0 Å². The summed E-state index contributed by atoms with van der Waals surface area (Å²) in [6.07, 6.45) is 0. The fourth-order valence-corrected chi connectivity index (χ4v) is 1.47. The number of phenols is 1. The first-order valence-electron chi connectivity index (χ1n) is 4.49. The highest BCUT2D eigenvalue weighted by Gasteiger charge is 2.06. The van der Waals surface area contributed by atoms with Crippen molar-refractivity contribution in [1.29, 1.82) is 0 Å². The van der Waals surface area contributed by atoms with E-state index >= 15 is 0 Å². The Morgan fingerprint density at radius 2 is 2.08 bits per heavy atom. The first-order valence-corrected chi connectivity index (χ1v) is 4.49. The van der Waals surface area contributed by atoms with Gasteiger partial charge in [-0.1, -0.05) is 19.9 Å². The Labute approximate surface area is 77.2 Å². The minimum Gasteiger partial charge on any atom is -0.507 e. The number of phenolic OH excluding ortho intramolecular Hbond substituents is 1. The van der Waals surface area contributed by atoms with Crippen molar-refractivity contribution in [3.63, 3.8) is 0 Å². The zero-order chi connectivity index (χ0) is 9.42. The second kappa shape index (κ2) is 2.80. The van der Waals surface area contributed by atoms with E-state index in [0.29, 0.717) is 11.7 Å². The molecular formula is C11H13NO. The molecule has 0 aliphatic carbocycles. The molecule has 1 aromatic carbocycles. The number of aromatic nitrogens is 1. The summed E-state index contributed by atoms with van der Waals surface area (Å²) < 4.78 is 0. The molecule has 0 atom stereocenters. The van der Waals surface area contributed by atoms with Crippen LogP contribution >= 0.6 is 0 Å². The van der Waals surface area contributed by atoms with Crippen molar-refractivity contribution in [3.05, 3.63) is 30.0 Å². The van der Waals surface area contributed by atoms with E-state index in [0.717, 1.165) is 16.6 Å². The number of rotatable bonds is 1. The maximum atomic E-state index is 9.55. The van der Waals surface area contributed by atoms with E-state index in [1.807, 2.05) is 18.2 Å². The lowest BCUT2D eigenvalue weighted by atomic mass is 10.1. The highest BCUT2D eigenvalue weighted by Crippen LogP contribution is 2.27. The zero-order valence-corrected chi connectivity index (χ0v) is 7.83. The molecule has 68 valence electrons. The number of benzene rings is 1. The van der Waals surface area contributed by atoms with E-state index in [1.165, 1.54) is 0 Å². The van der Waals surface area contributed by atoms with Crippen LogP contribution in [-0.2, 0) is 0 Å². The van der Waals surface area contributed by atoms with Crippen molar-refractivity contribution in [1.82, 2.24) is 4.98 Å². The average Bonchev–Trinajstić information content (AvgIpc) is 2.49. The topological polar surface area (TPSA) is 36.0 Å². The average molecular weight is 175 g/mol. The van der Waals surface area contributed by atoms with Crippen molar-refractivity contribution in [2.75, 3.05) is 0 Å². The van der Waals surface area contributed by atoms with Gasteiger partial charge >= 0.3 is 0 Å². The number of aromatic amines is 1. The Kier molecular flexibility index (Phi) is 1.76. The van der Waals surface area contributed by atoms with Crippen LogP contribution in [0, 0.1) is 0 Å². The first kappa shape index (κ1) is 8.17. The SMILES string of the molecule is CC(C)c1cc2c(O)cccc2[nH]1. The van der Waals surface area contributed by atoms with Crippen molar-refractivity contribution in [2.45, 2.75) is 19.8 Å². The summed E-state index contributed by atoms with van der Waals surface area (Å²) in [6, 6.07) is 7.54. The Hall–Kier alpha value is -1.44. The molecule has 2 nitrogen and oxygen atoms in total. The lowest BCUT2D eigenvalue weighted by molar-refractivity contribution is 0.481. The number of hydrogen-bond acceptors (Lipinski definition) is 1. The highest BCUT2D eigenvalue weighted by molar-refractivity contribution is 5.86. The van der Waals surface area contributed by atoms with Crippen LogP contribution in [0.4, 0.5) is 0 Å². The van der Waals surface area contributed by atoms with E-state index in [2.05, 4.69) is 18.8 Å². The van der Waals surface area contributed by atoms with Crippen molar-refractivity contribution in [3.8, 4) is 5.75 Å². The molecule has 2 N–H and O–H groups in total. The van der Waals surface area contributed by atoms with Crippen LogP contribution in [0.5, 0.6) is 5.75 Å². The molecule has 0 aliphatic heterocycles. The summed E-state index contributed by atoms with van der Waals surface area (Å²) >= 11 is 0. The minimum atomic E-state index is 0.348. The number of H-pyrrole nitrogens is 1. The molecule has 0 amide bonds. The molecule has 0 saturated heterocycles. The second-order valence-corrected chi connectivity index (χ2v) is 3.62. The standard InChI is InChI=1S/C11H13NO/c1-7(2)10-6-8-9(12-10)4-3-5-11(8)13/h3-7,12-13H,1-2H3. The first-order chi connectivity index (χ1) is 6.18. The lowest BCUT2D eigenvalue weighted by Crippen LogP contribution is -1.84. The Morgan fingerprint density at radius 1 is 1.31 bits per heavy atom. The monoisotopic (exact) mass is 175 g/mol. The molecule has 0 fully saturated rings. The van der Waals surface area contributed by atoms with E-state index < -0.39 is 0 Å². The van der Waals surface area contributed by atoms with Crippen LogP contribution < -0.4 is 0 Å². The molecule has 0 bridgehead atoms. The van der Waals surface area contributed by atoms with Crippen molar-refractivity contribution >= 4 is 10.9 Å². The van der Waals surface area contributed by atoms with Gasteiger partial charge in [0, 0.05) is 16.6 Å². The summed E-state index contributed by atoms with van der Waals surface area (Å²) in [5.74, 6) is 0.812. The minimum absolute atomic E-state index is 0.348. The molecule has 2 heteroatoms. The summed E-state index contributed by atoms with van der Waals surface area (Å²) in [7, 11) is 0. The van der Waals surface area contributed by atoms with Crippen LogP contribution in [0.3, 0.4) is 0 Å². The molecule has 1 aromatic heterocycles. The summed E-state index contributed by atoms with van der Waals surface area (Å²) in [5.41, 5.74) is 2.17. The molecule has 2 rings (SSSR count). The van der Waals surface area contributed by atoms with Gasteiger partial charge < -0.3 is 10.1 Å². The molecule has 2 aromatic rings. The number of aromatic hydroxyl groups is 1. The quantitative estimate of drug-likeness (QED) is 0.686. The van der Waals surface area contributed by atoms with Gasteiger partial charge in [-0.05, 0) is 24.1 Å². The summed E-state index contributed by atoms with van der Waals surface area (Å²) in [6.45, 7) is 4.25. The maximum Gasteiger partial charge on any atom is 0.124 e. The van der Waals surface area contributed by atoms with Crippen molar-refractivity contribution in [2.24, 2.45) is 0 Å². The molecule has 0 aliphatic rings. The third kappa shape index (κ3) is 1.28. The molecule has 0 unspecified atom stereocenters. The van der Waals surface area contributed by atoms with Gasteiger partial charge in [0.1, 0.15) is 5.75 Å². The normalized spacial score (nSPS) is 11.3. The zero-order valence-electron chi connectivity index (χ0n) is 7.83. The Bertz CT molecular complexity index is 429. The third-order valence-corrected chi connectivity index (χ3v) is 2.28. The predicted octanol–water partition coefficient (Wildman–Crippen LogP) is 3.00. The number of nitrogens with one attached hydrogen (secondary N) is 1. The van der Waals surface area contributed by atoms with Gasteiger partial charge in [0.15, 0.2) is 0 Å². The fourth-order valence-electron chi connectivity index (χ4n) is 1.47. The van der Waals surface area contributed by atoms with Gasteiger partial charge in [-0.25, -0.2) is 0 Å². The molecule has 1 heterocycles. The molecular weight excluding hydrogens is 162 g/mol. The van der Waals surface area contributed by atoms with Crippen LogP contribution in [0.15, 0.2) is 24.3 Å². The molecule has 0 saturated carbocycles. The number of hydrogen-bond donors (Lipinski definition) is 2. The van der Waals surface area contributed by atoms with E-state index in [-0.39, 0.29) is 0 Å². The Balaban J connectivity index is 2.68. The second-order valence-electron chi connectivity index (χ2n) is 3.62. The van der Waals surface area contributed by atoms with Crippen LogP contribution in [0.25, 0.3) is 10.9 Å². The Morgan fingerprint density at radius 3 is 2.69 bits per heavy atom. The van der Waals surface area contributed by atoms with Crippen molar-refractivity contribution < 1.29 is 5.11 Å².